The van der Waals surface area contributed by atoms with E-state index in [0.29, 0.717) is 40.3 Å². The van der Waals surface area contributed by atoms with Crippen molar-refractivity contribution in [3.63, 3.8) is 0 Å². The summed E-state index contributed by atoms with van der Waals surface area (Å²) in [4.78, 5) is 33.4. The molecule has 1 heterocycles. The van der Waals surface area contributed by atoms with Crippen molar-refractivity contribution < 1.29 is 13.9 Å². The fourth-order valence-corrected chi connectivity index (χ4v) is 4.13. The molecule has 1 unspecified atom stereocenters. The van der Waals surface area contributed by atoms with E-state index in [4.69, 9.17) is 21.3 Å². The molecular formula is C26H23ClFN3O3. The van der Waals surface area contributed by atoms with E-state index in [2.05, 4.69) is 0 Å². The molecule has 1 aromatic heterocycles. The molecule has 1 amide bonds. The van der Waals surface area contributed by atoms with Gasteiger partial charge in [-0.2, -0.15) is 0 Å². The number of methoxy groups -OCH3 is 1. The van der Waals surface area contributed by atoms with Gasteiger partial charge in [0.25, 0.3) is 11.5 Å². The van der Waals surface area contributed by atoms with Crippen molar-refractivity contribution >= 4 is 28.4 Å². The lowest BCUT2D eigenvalue weighted by atomic mass is 10.1. The maximum Gasteiger partial charge on any atom is 0.266 e. The number of fused-ring (bicyclic) bond motifs is 1. The van der Waals surface area contributed by atoms with Gasteiger partial charge in [-0.05, 0) is 62.4 Å². The quantitative estimate of drug-likeness (QED) is 0.371. The van der Waals surface area contributed by atoms with Crippen LogP contribution < -0.4 is 10.3 Å². The van der Waals surface area contributed by atoms with Crippen molar-refractivity contribution in [2.75, 3.05) is 13.7 Å². The summed E-state index contributed by atoms with van der Waals surface area (Å²) in [6.07, 6.45) is 0. The molecule has 0 aliphatic carbocycles. The Bertz CT molecular complexity index is 1440. The Kier molecular flexibility index (Phi) is 6.65. The lowest BCUT2D eigenvalue weighted by Gasteiger charge is -2.29. The number of halogens is 2. The molecule has 1 atom stereocenters. The number of rotatable bonds is 6. The van der Waals surface area contributed by atoms with Crippen molar-refractivity contribution in [2.24, 2.45) is 0 Å². The SMILES string of the molecule is CCN(C(=O)c1cccc(OC)c1)C(C)c1nc2ccccc2c(=O)n1-c1ccc(F)c(Cl)c1. The Hall–Kier alpha value is -3.71. The van der Waals surface area contributed by atoms with Crippen LogP contribution >= 0.6 is 11.6 Å². The maximum absolute atomic E-state index is 13.9. The molecule has 0 spiro atoms. The summed E-state index contributed by atoms with van der Waals surface area (Å²) >= 11 is 6.03. The average molecular weight is 480 g/mol. The van der Waals surface area contributed by atoms with E-state index in [0.717, 1.165) is 0 Å². The first-order valence-electron chi connectivity index (χ1n) is 10.8. The molecule has 0 fully saturated rings. The molecule has 0 aliphatic rings. The molecule has 0 aliphatic heterocycles. The zero-order valence-corrected chi connectivity index (χ0v) is 19.7. The van der Waals surface area contributed by atoms with Gasteiger partial charge in [-0.3, -0.25) is 14.2 Å². The standard InChI is InChI=1S/C26H23ClFN3O3/c1-4-30(25(32)17-8-7-9-19(14-17)34-3)16(2)24-29-23-11-6-5-10-20(23)26(33)31(24)18-12-13-22(28)21(27)15-18/h5-16H,4H2,1-3H3. The predicted octanol–water partition coefficient (Wildman–Crippen LogP) is 5.41. The highest BCUT2D eigenvalue weighted by molar-refractivity contribution is 6.30. The molecule has 0 N–H and O–H groups in total. The van der Waals surface area contributed by atoms with Gasteiger partial charge in [0.15, 0.2) is 0 Å². The zero-order chi connectivity index (χ0) is 24.4. The fraction of sp³-hybridized carbons (Fsp3) is 0.192. The van der Waals surface area contributed by atoms with E-state index in [9.17, 15) is 14.0 Å². The molecule has 174 valence electrons. The third-order valence-corrected chi connectivity index (χ3v) is 6.01. The largest absolute Gasteiger partial charge is 0.497 e. The van der Waals surface area contributed by atoms with Crippen LogP contribution in [0.15, 0.2) is 71.5 Å². The number of para-hydroxylation sites is 1. The number of nitrogens with zero attached hydrogens (tertiary/aromatic N) is 3. The van der Waals surface area contributed by atoms with Gasteiger partial charge >= 0.3 is 0 Å². The second-order valence-electron chi connectivity index (χ2n) is 7.73. The molecule has 4 rings (SSSR count). The molecular weight excluding hydrogens is 457 g/mol. The van der Waals surface area contributed by atoms with Gasteiger partial charge in [-0.25, -0.2) is 9.37 Å². The van der Waals surface area contributed by atoms with E-state index < -0.39 is 11.9 Å². The number of benzene rings is 3. The van der Waals surface area contributed by atoms with Gasteiger partial charge in [0, 0.05) is 12.1 Å². The number of ether oxygens (including phenoxy) is 1. The van der Waals surface area contributed by atoms with Crippen LogP contribution in [0.1, 0.15) is 36.1 Å². The Labute approximate surface area is 201 Å². The third-order valence-electron chi connectivity index (χ3n) is 5.72. The van der Waals surface area contributed by atoms with Crippen LogP contribution in [0.5, 0.6) is 5.75 Å². The van der Waals surface area contributed by atoms with Crippen LogP contribution in [0.3, 0.4) is 0 Å². The van der Waals surface area contributed by atoms with Crippen LogP contribution in [0.25, 0.3) is 16.6 Å². The Morgan fingerprint density at radius 2 is 1.91 bits per heavy atom. The van der Waals surface area contributed by atoms with Crippen molar-refractivity contribution in [2.45, 2.75) is 19.9 Å². The van der Waals surface area contributed by atoms with Gasteiger partial charge in [0.2, 0.25) is 0 Å². The minimum absolute atomic E-state index is 0.115. The Morgan fingerprint density at radius 3 is 2.62 bits per heavy atom. The average Bonchev–Trinajstić information content (AvgIpc) is 2.86. The number of amides is 1. The number of carbonyl (C=O) groups is 1. The molecule has 34 heavy (non-hydrogen) atoms. The molecule has 0 radical (unpaired) electrons. The lowest BCUT2D eigenvalue weighted by molar-refractivity contribution is 0.0693. The second kappa shape index (κ2) is 9.65. The van der Waals surface area contributed by atoms with Crippen molar-refractivity contribution in [1.82, 2.24) is 14.5 Å². The number of carbonyl (C=O) groups excluding carboxylic acids is 1. The first kappa shape index (κ1) is 23.4. The summed E-state index contributed by atoms with van der Waals surface area (Å²) in [7, 11) is 1.54. The van der Waals surface area contributed by atoms with E-state index in [1.165, 1.54) is 29.9 Å². The van der Waals surface area contributed by atoms with Crippen LogP contribution in [0.4, 0.5) is 4.39 Å². The maximum atomic E-state index is 13.9. The van der Waals surface area contributed by atoms with Gasteiger partial charge in [-0.1, -0.05) is 29.8 Å². The topological polar surface area (TPSA) is 64.4 Å². The minimum atomic E-state index is -0.593. The summed E-state index contributed by atoms with van der Waals surface area (Å²) in [5.74, 6) is 0.0749. The zero-order valence-electron chi connectivity index (χ0n) is 19.0. The number of aromatic nitrogens is 2. The van der Waals surface area contributed by atoms with Crippen LogP contribution in [-0.4, -0.2) is 34.0 Å². The van der Waals surface area contributed by atoms with Crippen LogP contribution in [-0.2, 0) is 0 Å². The Morgan fingerprint density at radius 1 is 1.15 bits per heavy atom. The molecule has 6 nitrogen and oxygen atoms in total. The summed E-state index contributed by atoms with van der Waals surface area (Å²) < 4.78 is 20.5. The third kappa shape index (κ3) is 4.26. The highest BCUT2D eigenvalue weighted by Crippen LogP contribution is 2.26. The number of hydrogen-bond acceptors (Lipinski definition) is 4. The van der Waals surface area contributed by atoms with Gasteiger partial charge in [-0.15, -0.1) is 0 Å². The summed E-state index contributed by atoms with van der Waals surface area (Å²) in [5, 5.41) is 0.289. The van der Waals surface area contributed by atoms with Gasteiger partial charge in [0.05, 0.1) is 34.8 Å². The van der Waals surface area contributed by atoms with Crippen molar-refractivity contribution in [3.05, 3.63) is 99.3 Å². The fourth-order valence-electron chi connectivity index (χ4n) is 3.96. The van der Waals surface area contributed by atoms with Crippen LogP contribution in [0, 0.1) is 5.82 Å². The van der Waals surface area contributed by atoms with Gasteiger partial charge < -0.3 is 9.64 Å². The molecule has 8 heteroatoms. The van der Waals surface area contributed by atoms with Crippen LogP contribution in [0.2, 0.25) is 5.02 Å². The molecule has 0 saturated heterocycles. The highest BCUT2D eigenvalue weighted by Gasteiger charge is 2.27. The Balaban J connectivity index is 1.90. The summed E-state index contributed by atoms with van der Waals surface area (Å²) in [5.41, 5.74) is 0.984. The monoisotopic (exact) mass is 479 g/mol. The van der Waals surface area contributed by atoms with E-state index in [-0.39, 0.29) is 16.5 Å². The van der Waals surface area contributed by atoms with Gasteiger partial charge in [0.1, 0.15) is 17.4 Å². The first-order valence-corrected chi connectivity index (χ1v) is 11.2. The number of hydrogen-bond donors (Lipinski definition) is 0. The first-order chi connectivity index (χ1) is 16.3. The highest BCUT2D eigenvalue weighted by atomic mass is 35.5. The molecule has 4 aromatic rings. The van der Waals surface area contributed by atoms with Crippen molar-refractivity contribution in [3.8, 4) is 11.4 Å². The van der Waals surface area contributed by atoms with Crippen molar-refractivity contribution in [1.29, 1.82) is 0 Å². The smallest absolute Gasteiger partial charge is 0.266 e. The molecule has 0 bridgehead atoms. The second-order valence-corrected chi connectivity index (χ2v) is 8.13. The van der Waals surface area contributed by atoms with E-state index in [1.54, 1.807) is 60.4 Å². The predicted molar refractivity (Wildman–Crippen MR) is 130 cm³/mol. The van der Waals surface area contributed by atoms with E-state index in [1.807, 2.05) is 6.92 Å². The minimum Gasteiger partial charge on any atom is -0.497 e. The lowest BCUT2D eigenvalue weighted by Crippen LogP contribution is -2.37. The molecule has 3 aromatic carbocycles. The normalized spacial score (nSPS) is 11.9. The van der Waals surface area contributed by atoms with E-state index >= 15 is 0 Å². The summed E-state index contributed by atoms with van der Waals surface area (Å²) in [6, 6.07) is 17.3. The summed E-state index contributed by atoms with van der Waals surface area (Å²) in [6.45, 7) is 4.02. The molecule has 0 saturated carbocycles.